The summed E-state index contributed by atoms with van der Waals surface area (Å²) in [5.74, 6) is -0.0218. The molecule has 0 radical (unpaired) electrons. The van der Waals surface area contributed by atoms with Crippen LogP contribution in [0.25, 0.3) is 48.6 Å². The molecular weight excluding hydrogens is 911 g/mol. The van der Waals surface area contributed by atoms with Crippen molar-refractivity contribution in [2.24, 2.45) is 0 Å². The number of rotatable bonds is 13. The number of hydrogen-bond donors (Lipinski definition) is 2. The van der Waals surface area contributed by atoms with Crippen LogP contribution >= 0.6 is 23.1 Å². The molecule has 0 saturated heterocycles. The third-order valence-corrected chi connectivity index (χ3v) is 11.3. The van der Waals surface area contributed by atoms with E-state index in [1.54, 1.807) is 46.2 Å². The van der Waals surface area contributed by atoms with Gasteiger partial charge in [0, 0.05) is 50.5 Å². The fourth-order valence-electron chi connectivity index (χ4n) is 6.75. The highest BCUT2D eigenvalue weighted by Gasteiger charge is 2.33. The van der Waals surface area contributed by atoms with Gasteiger partial charge in [0.15, 0.2) is 17.0 Å². The van der Waals surface area contributed by atoms with Crippen molar-refractivity contribution in [3.63, 3.8) is 0 Å². The number of alkyl halides is 6. The second-order valence-electron chi connectivity index (χ2n) is 14.3. The largest absolute Gasteiger partial charge is 0.573 e. The summed E-state index contributed by atoms with van der Waals surface area (Å²) in [5.41, 5.74) is 6.95. The van der Waals surface area contributed by atoms with Crippen LogP contribution in [0.4, 0.5) is 49.4 Å². The molecule has 0 spiro atoms. The lowest BCUT2D eigenvalue weighted by Crippen LogP contribution is -2.30. The first-order valence-corrected chi connectivity index (χ1v) is 20.9. The fourth-order valence-corrected chi connectivity index (χ4v) is 8.35. The van der Waals surface area contributed by atoms with Crippen LogP contribution in [-0.2, 0) is 13.1 Å². The molecule has 2 N–H and O–H groups in total. The molecule has 4 aromatic carbocycles. The third kappa shape index (κ3) is 9.83. The van der Waals surface area contributed by atoms with Crippen molar-refractivity contribution in [3.05, 3.63) is 140 Å². The number of halogens is 6. The molecule has 330 valence electrons. The van der Waals surface area contributed by atoms with Gasteiger partial charge in [0.2, 0.25) is 0 Å². The van der Waals surface area contributed by atoms with Crippen LogP contribution in [0.1, 0.15) is 11.1 Å². The summed E-state index contributed by atoms with van der Waals surface area (Å²) in [6.07, 6.45) is -0.0206. The lowest BCUT2D eigenvalue weighted by atomic mass is 10.2. The van der Waals surface area contributed by atoms with E-state index in [0.29, 0.717) is 58.6 Å². The summed E-state index contributed by atoms with van der Waals surface area (Å²) in [6, 6.07) is 24.0. The van der Waals surface area contributed by atoms with Gasteiger partial charge in [-0.05, 0) is 83.3 Å². The Hall–Kier alpha value is -8.12. The van der Waals surface area contributed by atoms with E-state index in [4.69, 9.17) is 5.10 Å². The number of benzene rings is 4. The van der Waals surface area contributed by atoms with Gasteiger partial charge in [-0.1, -0.05) is 16.6 Å². The minimum atomic E-state index is -4.93. The molecular formula is C42H27F6N14O2S2+. The Balaban J connectivity index is 0.856. The van der Waals surface area contributed by atoms with Crippen LogP contribution in [0.2, 0.25) is 0 Å². The van der Waals surface area contributed by atoms with Crippen molar-refractivity contribution in [2.45, 2.75) is 25.8 Å². The normalized spacial score (nSPS) is 11.9. The summed E-state index contributed by atoms with van der Waals surface area (Å²) < 4.78 is 96.8. The average molecular weight is 938 g/mol. The maximum Gasteiger partial charge on any atom is 0.573 e. The molecule has 16 nitrogen and oxygen atoms in total. The number of anilines is 4. The van der Waals surface area contributed by atoms with E-state index >= 15 is 0 Å². The van der Waals surface area contributed by atoms with E-state index in [-0.39, 0.29) is 11.4 Å². The molecule has 10 aromatic rings. The lowest BCUT2D eigenvalue weighted by Gasteiger charge is -2.11. The molecule has 0 aliphatic heterocycles. The lowest BCUT2D eigenvalue weighted by molar-refractivity contribution is -0.585. The molecule has 6 aromatic heterocycles. The first kappa shape index (κ1) is 41.9. The topological polar surface area (TPSA) is 172 Å². The maximum atomic E-state index is 13.4. The van der Waals surface area contributed by atoms with Crippen molar-refractivity contribution < 1.29 is 39.9 Å². The standard InChI is InChI=1S/C42H27F6N14O2S2/c43-41(44,45)63-29-5-3-28(4-6-29)55-39-14-34(49-22-51-39)26-16-54-61(20-26)19-25-2-9-33-38(12-25)66-62(58-33)36-13-30(64-42(46,47)48)7-10-31(36)56-40-15-35(50-23-52-40)27-17-53-60(21-27)18-24-1-8-32-37(11-24)65-59-57-32/h1-17,20-23H,18-19H2,(H,49,51,55)(H,50,52,56)/q+1. The quantitative estimate of drug-likeness (QED) is 0.0829. The van der Waals surface area contributed by atoms with Gasteiger partial charge in [-0.25, -0.2) is 19.9 Å². The first-order valence-electron chi connectivity index (χ1n) is 19.3. The Morgan fingerprint density at radius 1 is 0.606 bits per heavy atom. The predicted octanol–water partition coefficient (Wildman–Crippen LogP) is 9.27. The van der Waals surface area contributed by atoms with Gasteiger partial charge in [0.1, 0.15) is 51.7 Å². The second kappa shape index (κ2) is 17.1. The highest BCUT2D eigenvalue weighted by Crippen LogP contribution is 2.32. The molecule has 66 heavy (non-hydrogen) atoms. The molecule has 0 atom stereocenters. The number of aromatic nitrogens is 12. The Morgan fingerprint density at radius 2 is 1.20 bits per heavy atom. The van der Waals surface area contributed by atoms with Crippen LogP contribution in [0.3, 0.4) is 0 Å². The molecule has 0 unspecified atom stereocenters. The highest BCUT2D eigenvalue weighted by molar-refractivity contribution is 7.12. The van der Waals surface area contributed by atoms with Crippen molar-refractivity contribution in [1.82, 2.24) is 54.2 Å². The average Bonchev–Trinajstić information content (AvgIpc) is 4.12. The Morgan fingerprint density at radius 3 is 1.85 bits per heavy atom. The van der Waals surface area contributed by atoms with E-state index in [0.717, 1.165) is 31.6 Å². The summed E-state index contributed by atoms with van der Waals surface area (Å²) in [5, 5.41) is 24.0. The van der Waals surface area contributed by atoms with Crippen molar-refractivity contribution in [2.75, 3.05) is 10.6 Å². The summed E-state index contributed by atoms with van der Waals surface area (Å²) in [4.78, 5) is 17.4. The number of hydrogen-bond acceptors (Lipinski definition) is 15. The zero-order chi connectivity index (χ0) is 45.4. The van der Waals surface area contributed by atoms with Crippen LogP contribution in [0, 0.1) is 0 Å². The van der Waals surface area contributed by atoms with Crippen LogP contribution in [0.15, 0.2) is 128 Å². The van der Waals surface area contributed by atoms with Gasteiger partial charge in [0.05, 0.1) is 47.6 Å². The van der Waals surface area contributed by atoms with Crippen molar-refractivity contribution >= 4 is 66.5 Å². The zero-order valence-electron chi connectivity index (χ0n) is 33.3. The van der Waals surface area contributed by atoms with Crippen LogP contribution in [0.5, 0.6) is 11.5 Å². The predicted molar refractivity (Wildman–Crippen MR) is 230 cm³/mol. The summed E-state index contributed by atoms with van der Waals surface area (Å²) in [6.45, 7) is 0.862. The third-order valence-electron chi connectivity index (χ3n) is 9.63. The molecule has 6 heterocycles. The molecule has 24 heteroatoms. The van der Waals surface area contributed by atoms with Gasteiger partial charge >= 0.3 is 12.7 Å². The van der Waals surface area contributed by atoms with Gasteiger partial charge in [-0.15, -0.1) is 31.4 Å². The highest BCUT2D eigenvalue weighted by atomic mass is 32.1. The van der Waals surface area contributed by atoms with Gasteiger partial charge in [-0.2, -0.15) is 10.2 Å². The fraction of sp³-hybridized carbons (Fsp3) is 0.0952. The smallest absolute Gasteiger partial charge is 0.406 e. The second-order valence-corrected chi connectivity index (χ2v) is 16.1. The van der Waals surface area contributed by atoms with Gasteiger partial charge < -0.3 is 20.1 Å². The van der Waals surface area contributed by atoms with E-state index in [2.05, 4.69) is 59.8 Å². The molecule has 0 saturated carbocycles. The van der Waals surface area contributed by atoms with Gasteiger partial charge in [0.25, 0.3) is 5.69 Å². The number of fused-ring (bicyclic) bond motifs is 2. The Labute approximate surface area is 375 Å². The van der Waals surface area contributed by atoms with Crippen molar-refractivity contribution in [3.8, 4) is 39.7 Å². The van der Waals surface area contributed by atoms with E-state index in [9.17, 15) is 26.3 Å². The van der Waals surface area contributed by atoms with E-state index in [1.807, 2.05) is 36.5 Å². The van der Waals surface area contributed by atoms with Crippen LogP contribution in [-0.4, -0.2) is 66.9 Å². The van der Waals surface area contributed by atoms with Crippen molar-refractivity contribution in [1.29, 1.82) is 0 Å². The molecule has 0 amide bonds. The summed E-state index contributed by atoms with van der Waals surface area (Å²) >= 11 is 2.53. The number of nitrogens with one attached hydrogen (secondary N) is 2. The van der Waals surface area contributed by atoms with E-state index in [1.165, 1.54) is 82.3 Å². The molecule has 0 aliphatic rings. The Kier molecular flexibility index (Phi) is 10.9. The van der Waals surface area contributed by atoms with Crippen LogP contribution < -0.4 is 24.2 Å². The zero-order valence-corrected chi connectivity index (χ0v) is 34.9. The number of nitrogens with zero attached hydrogens (tertiary/aromatic N) is 12. The number of ether oxygens (including phenoxy) is 2. The molecule has 0 aliphatic carbocycles. The molecule has 0 fully saturated rings. The minimum Gasteiger partial charge on any atom is -0.406 e. The van der Waals surface area contributed by atoms with E-state index < -0.39 is 18.5 Å². The molecule has 0 bridgehead atoms. The Bertz CT molecular complexity index is 3350. The van der Waals surface area contributed by atoms with Gasteiger partial charge in [-0.3, -0.25) is 9.36 Å². The monoisotopic (exact) mass is 937 g/mol. The minimum absolute atomic E-state index is 0.267. The SMILES string of the molecule is FC(F)(F)Oc1ccc(Nc2cc(-c3cnn(Cc4ccc5n[n+](-c6cc(OC(F)(F)F)ccc6Nc6cc(-c7cnn(Cc8ccc9nnsc9c8)c7)ncn6)sc5c4)c3)ncn2)cc1. The first-order chi connectivity index (χ1) is 31.8. The molecule has 10 rings (SSSR count). The maximum absolute atomic E-state index is 13.4. The summed E-state index contributed by atoms with van der Waals surface area (Å²) in [7, 11) is 0.